The van der Waals surface area contributed by atoms with Crippen molar-refractivity contribution >= 4 is 17.1 Å². The number of ketones is 1. The van der Waals surface area contributed by atoms with Gasteiger partial charge in [-0.05, 0) is 68.9 Å². The van der Waals surface area contributed by atoms with Crippen LogP contribution < -0.4 is 4.74 Å². The van der Waals surface area contributed by atoms with Gasteiger partial charge in [0.05, 0.1) is 18.4 Å². The molecule has 4 rings (SSSR count). The topological polar surface area (TPSA) is 68.2 Å². The molecule has 0 saturated carbocycles. The number of hydrogen-bond donors (Lipinski definition) is 1. The summed E-state index contributed by atoms with van der Waals surface area (Å²) < 4.78 is 7.70. The summed E-state index contributed by atoms with van der Waals surface area (Å²) in [4.78, 5) is 21.3. The Balaban J connectivity index is 1.46. The first-order valence-electron chi connectivity index (χ1n) is 12.2. The zero-order valence-corrected chi connectivity index (χ0v) is 20.9. The number of Topliss-reactive ketones (excluding diaryl/α,β-unsaturated/α-hetero) is 1. The molecule has 2 aromatic carbocycles. The number of aryl methyl sites for hydroxylation is 1. The molecule has 0 unspecified atom stereocenters. The van der Waals surface area contributed by atoms with Crippen LogP contribution in [0.5, 0.6) is 5.75 Å². The van der Waals surface area contributed by atoms with Crippen molar-refractivity contribution in [2.45, 2.75) is 46.1 Å². The molecule has 184 valence electrons. The van der Waals surface area contributed by atoms with Gasteiger partial charge in [-0.15, -0.1) is 0 Å². The van der Waals surface area contributed by atoms with Crippen molar-refractivity contribution in [2.24, 2.45) is 5.92 Å². The van der Waals surface area contributed by atoms with Gasteiger partial charge in [-0.25, -0.2) is 9.83 Å². The second-order valence-electron chi connectivity index (χ2n) is 9.42. The van der Waals surface area contributed by atoms with E-state index >= 15 is 0 Å². The maximum Gasteiger partial charge on any atom is 0.228 e. The van der Waals surface area contributed by atoms with Crippen LogP contribution in [0.2, 0.25) is 0 Å². The third-order valence-corrected chi connectivity index (χ3v) is 6.23. The fourth-order valence-corrected chi connectivity index (χ4v) is 4.41. The Hall–Kier alpha value is -3.95. The second kappa shape index (κ2) is 11.2. The number of carbonyl (C=O) groups excluding carboxylic acids is 1. The van der Waals surface area contributed by atoms with E-state index < -0.39 is 0 Å². The molecular weight excluding hydrogens is 450 g/mol. The standard InChI is InChI=1S/C30H31N3O3/c1-20(2)36-29-12-11-25(18-26(29)31-4)28(35)17-23(13-15-34)16-22-7-9-24(10-8-22)27-19-33-14-5-6-21(3)30(33)32-27/h5-12,14,18-20,23,34H,13,15-17H2,1-3H3/t23-/m1/s1. The highest BCUT2D eigenvalue weighted by Crippen LogP contribution is 2.31. The molecule has 0 saturated heterocycles. The van der Waals surface area contributed by atoms with Crippen molar-refractivity contribution in [1.82, 2.24) is 9.38 Å². The van der Waals surface area contributed by atoms with E-state index in [1.807, 2.05) is 49.7 Å². The minimum absolute atomic E-state index is 0.00539. The minimum Gasteiger partial charge on any atom is -0.502 e. The van der Waals surface area contributed by atoms with Crippen molar-refractivity contribution in [3.05, 3.63) is 95.1 Å². The van der Waals surface area contributed by atoms with E-state index in [-0.39, 0.29) is 24.4 Å². The van der Waals surface area contributed by atoms with E-state index in [4.69, 9.17) is 16.3 Å². The Morgan fingerprint density at radius 1 is 1.17 bits per heavy atom. The van der Waals surface area contributed by atoms with Gasteiger partial charge in [0.2, 0.25) is 5.69 Å². The first kappa shape index (κ1) is 25.2. The van der Waals surface area contributed by atoms with Gasteiger partial charge in [-0.3, -0.25) is 4.79 Å². The number of carbonyl (C=O) groups is 1. The van der Waals surface area contributed by atoms with Crippen molar-refractivity contribution in [3.63, 3.8) is 0 Å². The van der Waals surface area contributed by atoms with E-state index in [1.165, 1.54) is 0 Å². The Labute approximate surface area is 212 Å². The van der Waals surface area contributed by atoms with Crippen LogP contribution in [0.4, 0.5) is 5.69 Å². The predicted octanol–water partition coefficient (Wildman–Crippen LogP) is 6.46. The van der Waals surface area contributed by atoms with Crippen LogP contribution in [0.1, 0.15) is 48.2 Å². The molecule has 2 heterocycles. The molecule has 2 aromatic heterocycles. The van der Waals surface area contributed by atoms with E-state index in [0.717, 1.165) is 28.0 Å². The van der Waals surface area contributed by atoms with Crippen LogP contribution in [-0.4, -0.2) is 33.0 Å². The molecule has 0 aliphatic heterocycles. The Morgan fingerprint density at radius 3 is 2.61 bits per heavy atom. The molecular formula is C30H31N3O3. The number of aliphatic hydroxyl groups is 1. The maximum atomic E-state index is 13.0. The first-order valence-corrected chi connectivity index (χ1v) is 12.2. The molecule has 0 aliphatic carbocycles. The number of hydrogen-bond acceptors (Lipinski definition) is 4. The zero-order chi connectivity index (χ0) is 25.7. The maximum absolute atomic E-state index is 13.0. The van der Waals surface area contributed by atoms with Gasteiger partial charge in [0.1, 0.15) is 11.4 Å². The van der Waals surface area contributed by atoms with Gasteiger partial charge in [0.25, 0.3) is 0 Å². The number of nitrogens with zero attached hydrogens (tertiary/aromatic N) is 3. The minimum atomic E-state index is -0.0517. The number of rotatable bonds is 10. The summed E-state index contributed by atoms with van der Waals surface area (Å²) in [6.45, 7) is 13.3. The second-order valence-corrected chi connectivity index (χ2v) is 9.42. The van der Waals surface area contributed by atoms with Gasteiger partial charge >= 0.3 is 0 Å². The number of aliphatic hydroxyl groups excluding tert-OH is 1. The predicted molar refractivity (Wildman–Crippen MR) is 142 cm³/mol. The normalized spacial score (nSPS) is 12.0. The van der Waals surface area contributed by atoms with Crippen molar-refractivity contribution in [3.8, 4) is 17.0 Å². The fraction of sp³-hybridized carbons (Fsp3) is 0.300. The summed E-state index contributed by atoms with van der Waals surface area (Å²) in [5, 5.41) is 9.61. The molecule has 4 aromatic rings. The van der Waals surface area contributed by atoms with Gasteiger partial charge in [-0.2, -0.15) is 0 Å². The molecule has 0 fully saturated rings. The summed E-state index contributed by atoms with van der Waals surface area (Å²) >= 11 is 0. The average Bonchev–Trinajstić information content (AvgIpc) is 3.30. The van der Waals surface area contributed by atoms with Crippen LogP contribution in [0.25, 0.3) is 21.7 Å². The van der Waals surface area contributed by atoms with Gasteiger partial charge < -0.3 is 14.2 Å². The quantitative estimate of drug-likeness (QED) is 0.208. The zero-order valence-electron chi connectivity index (χ0n) is 20.9. The Kier molecular flexibility index (Phi) is 7.82. The molecule has 1 atom stereocenters. The molecule has 36 heavy (non-hydrogen) atoms. The number of aromatic nitrogens is 2. The fourth-order valence-electron chi connectivity index (χ4n) is 4.41. The number of ether oxygens (including phenoxy) is 1. The highest BCUT2D eigenvalue weighted by Gasteiger charge is 2.18. The van der Waals surface area contributed by atoms with Gasteiger partial charge in [-0.1, -0.05) is 36.4 Å². The van der Waals surface area contributed by atoms with Crippen molar-refractivity contribution in [2.75, 3.05) is 6.61 Å². The largest absolute Gasteiger partial charge is 0.502 e. The highest BCUT2D eigenvalue weighted by molar-refractivity contribution is 5.97. The van der Waals surface area contributed by atoms with E-state index in [1.54, 1.807) is 18.2 Å². The van der Waals surface area contributed by atoms with Crippen LogP contribution in [0.3, 0.4) is 0 Å². The van der Waals surface area contributed by atoms with Crippen molar-refractivity contribution < 1.29 is 14.6 Å². The molecule has 0 aliphatic rings. The first-order chi connectivity index (χ1) is 17.4. The average molecular weight is 482 g/mol. The van der Waals surface area contributed by atoms with Crippen molar-refractivity contribution in [1.29, 1.82) is 0 Å². The molecule has 1 N–H and O–H groups in total. The molecule has 0 spiro atoms. The third-order valence-electron chi connectivity index (χ3n) is 6.23. The summed E-state index contributed by atoms with van der Waals surface area (Å²) in [5.41, 5.74) is 5.97. The highest BCUT2D eigenvalue weighted by atomic mass is 16.5. The van der Waals surface area contributed by atoms with Crippen LogP contribution in [-0.2, 0) is 6.42 Å². The van der Waals surface area contributed by atoms with Crippen LogP contribution in [0, 0.1) is 19.4 Å². The smallest absolute Gasteiger partial charge is 0.228 e. The summed E-state index contributed by atoms with van der Waals surface area (Å²) in [6, 6.07) is 17.3. The lowest BCUT2D eigenvalue weighted by Gasteiger charge is -2.16. The molecule has 6 heteroatoms. The number of pyridine rings is 1. The number of imidazole rings is 1. The number of benzene rings is 2. The molecule has 0 amide bonds. The summed E-state index contributed by atoms with van der Waals surface area (Å²) in [5.74, 6) is 0.449. The lowest BCUT2D eigenvalue weighted by atomic mass is 9.89. The number of fused-ring (bicyclic) bond motifs is 1. The van der Waals surface area contributed by atoms with Gasteiger partial charge in [0.15, 0.2) is 5.78 Å². The lowest BCUT2D eigenvalue weighted by molar-refractivity contribution is 0.0953. The monoisotopic (exact) mass is 481 g/mol. The van der Waals surface area contributed by atoms with Crippen LogP contribution in [0.15, 0.2) is 67.0 Å². The van der Waals surface area contributed by atoms with E-state index in [2.05, 4.69) is 29.1 Å². The van der Waals surface area contributed by atoms with Gasteiger partial charge in [0, 0.05) is 36.5 Å². The molecule has 0 radical (unpaired) electrons. The van der Waals surface area contributed by atoms with E-state index in [0.29, 0.717) is 36.3 Å². The lowest BCUT2D eigenvalue weighted by Crippen LogP contribution is -2.13. The van der Waals surface area contributed by atoms with E-state index in [9.17, 15) is 9.90 Å². The molecule has 6 nitrogen and oxygen atoms in total. The SMILES string of the molecule is [C-]#[N+]c1cc(C(=O)C[C@H](CCO)Cc2ccc(-c3cn4cccc(C)c4n3)cc2)ccc1OC(C)C. The van der Waals surface area contributed by atoms with Crippen LogP contribution >= 0.6 is 0 Å². The molecule has 0 bridgehead atoms. The Bertz CT molecular complexity index is 1400. The summed E-state index contributed by atoms with van der Waals surface area (Å²) in [6.07, 6.45) is 5.49. The Morgan fingerprint density at radius 2 is 1.94 bits per heavy atom. The summed E-state index contributed by atoms with van der Waals surface area (Å²) in [7, 11) is 0. The third kappa shape index (κ3) is 5.81.